The first kappa shape index (κ1) is 16.9. The largest absolute Gasteiger partial charge is 0.397 e. The SMILES string of the molecule is Nc1cc2c(Cl)cccc2c2c(N)nc(N3CCC4(CCCC4)CC3)nc12. The van der Waals surface area contributed by atoms with Crippen LogP contribution in [0.5, 0.6) is 0 Å². The van der Waals surface area contributed by atoms with Gasteiger partial charge < -0.3 is 16.4 Å². The van der Waals surface area contributed by atoms with Gasteiger partial charge >= 0.3 is 0 Å². The van der Waals surface area contributed by atoms with Crippen LogP contribution in [0.3, 0.4) is 0 Å². The molecular weight excluding hydrogens is 358 g/mol. The fraction of sp³-hybridized carbons (Fsp3) is 0.429. The summed E-state index contributed by atoms with van der Waals surface area (Å²) in [5.41, 5.74) is 14.6. The number of piperidine rings is 1. The van der Waals surface area contributed by atoms with Crippen LogP contribution in [0.1, 0.15) is 38.5 Å². The number of rotatable bonds is 1. The van der Waals surface area contributed by atoms with Crippen molar-refractivity contribution in [1.82, 2.24) is 9.97 Å². The minimum absolute atomic E-state index is 0.468. The molecule has 140 valence electrons. The fourth-order valence-electron chi connectivity index (χ4n) is 5.01. The number of halogens is 1. The lowest BCUT2D eigenvalue weighted by Gasteiger charge is -2.39. The zero-order valence-electron chi connectivity index (χ0n) is 15.3. The Balaban J connectivity index is 1.57. The van der Waals surface area contributed by atoms with Gasteiger partial charge in [0.2, 0.25) is 5.95 Å². The number of nitrogens with two attached hydrogens (primary N) is 2. The molecule has 2 aliphatic rings. The van der Waals surface area contributed by atoms with Crippen LogP contribution in [0, 0.1) is 5.41 Å². The second kappa shape index (κ2) is 6.13. The number of hydrogen-bond donors (Lipinski definition) is 2. The average molecular weight is 382 g/mol. The lowest BCUT2D eigenvalue weighted by Crippen LogP contribution is -2.39. The molecule has 5 rings (SSSR count). The Kier molecular flexibility index (Phi) is 3.83. The summed E-state index contributed by atoms with van der Waals surface area (Å²) >= 11 is 6.35. The van der Waals surface area contributed by atoms with Crippen molar-refractivity contribution in [3.05, 3.63) is 29.3 Å². The van der Waals surface area contributed by atoms with Gasteiger partial charge in [-0.2, -0.15) is 4.98 Å². The van der Waals surface area contributed by atoms with E-state index in [2.05, 4.69) is 9.88 Å². The van der Waals surface area contributed by atoms with E-state index >= 15 is 0 Å². The van der Waals surface area contributed by atoms with Gasteiger partial charge in [0.25, 0.3) is 0 Å². The predicted molar refractivity (Wildman–Crippen MR) is 113 cm³/mol. The van der Waals surface area contributed by atoms with E-state index in [1.54, 1.807) is 0 Å². The molecule has 5 nitrogen and oxygen atoms in total. The molecular formula is C21H24ClN5. The van der Waals surface area contributed by atoms with E-state index in [0.717, 1.165) is 29.2 Å². The van der Waals surface area contributed by atoms with E-state index in [0.29, 0.717) is 33.4 Å². The minimum Gasteiger partial charge on any atom is -0.397 e. The zero-order chi connectivity index (χ0) is 18.6. The molecule has 1 saturated carbocycles. The number of hydrogen-bond acceptors (Lipinski definition) is 5. The molecule has 27 heavy (non-hydrogen) atoms. The van der Waals surface area contributed by atoms with Gasteiger partial charge in [-0.15, -0.1) is 0 Å². The van der Waals surface area contributed by atoms with Crippen molar-refractivity contribution in [1.29, 1.82) is 0 Å². The summed E-state index contributed by atoms with van der Waals surface area (Å²) in [6.45, 7) is 1.98. The number of benzene rings is 2. The van der Waals surface area contributed by atoms with Crippen molar-refractivity contribution in [2.45, 2.75) is 38.5 Å². The lowest BCUT2D eigenvalue weighted by molar-refractivity contribution is 0.225. The molecule has 1 aliphatic heterocycles. The highest BCUT2D eigenvalue weighted by atomic mass is 35.5. The van der Waals surface area contributed by atoms with Crippen LogP contribution in [0.4, 0.5) is 17.5 Å². The van der Waals surface area contributed by atoms with E-state index in [1.807, 2.05) is 24.3 Å². The van der Waals surface area contributed by atoms with Crippen LogP contribution in [0.15, 0.2) is 24.3 Å². The summed E-state index contributed by atoms with van der Waals surface area (Å²) in [6.07, 6.45) is 7.95. The van der Waals surface area contributed by atoms with Gasteiger partial charge in [0, 0.05) is 23.5 Å². The Labute approximate surface area is 163 Å². The van der Waals surface area contributed by atoms with Crippen molar-refractivity contribution in [3.63, 3.8) is 0 Å². The maximum atomic E-state index is 6.39. The van der Waals surface area contributed by atoms with Crippen LogP contribution in [0.25, 0.3) is 21.7 Å². The number of anilines is 3. The van der Waals surface area contributed by atoms with Crippen LogP contribution in [-0.4, -0.2) is 23.1 Å². The number of aromatic nitrogens is 2. The summed E-state index contributed by atoms with van der Waals surface area (Å²) in [7, 11) is 0. The highest BCUT2D eigenvalue weighted by Gasteiger charge is 2.37. The molecule has 1 saturated heterocycles. The number of nitrogens with zero attached hydrogens (tertiary/aromatic N) is 3. The molecule has 1 aliphatic carbocycles. The van der Waals surface area contributed by atoms with Gasteiger partial charge in [0.05, 0.1) is 11.1 Å². The maximum Gasteiger partial charge on any atom is 0.227 e. The Hall–Kier alpha value is -2.27. The Bertz CT molecular complexity index is 1030. The summed E-state index contributed by atoms with van der Waals surface area (Å²) in [5.74, 6) is 1.16. The van der Waals surface area contributed by atoms with E-state index in [-0.39, 0.29) is 0 Å². The summed E-state index contributed by atoms with van der Waals surface area (Å²) in [4.78, 5) is 11.7. The molecule has 0 atom stereocenters. The van der Waals surface area contributed by atoms with Gasteiger partial charge in [-0.3, -0.25) is 0 Å². The van der Waals surface area contributed by atoms with Crippen LogP contribution in [-0.2, 0) is 0 Å². The molecule has 4 N–H and O–H groups in total. The smallest absolute Gasteiger partial charge is 0.227 e. The van der Waals surface area contributed by atoms with Crippen molar-refractivity contribution >= 4 is 50.7 Å². The van der Waals surface area contributed by atoms with Gasteiger partial charge in [0.1, 0.15) is 11.3 Å². The molecule has 6 heteroatoms. The van der Waals surface area contributed by atoms with E-state index < -0.39 is 0 Å². The van der Waals surface area contributed by atoms with E-state index in [9.17, 15) is 0 Å². The van der Waals surface area contributed by atoms with Crippen molar-refractivity contribution in [2.24, 2.45) is 5.41 Å². The summed E-state index contributed by atoms with van der Waals surface area (Å²) in [5, 5.41) is 3.27. The fourth-order valence-corrected chi connectivity index (χ4v) is 5.24. The standard InChI is InChI=1S/C21H24ClN5/c22-15-5-3-4-13-14(15)12-16(23)18-17(13)19(24)26-20(25-18)27-10-8-21(9-11-27)6-1-2-7-21/h3-5,12H,1-2,6-11,23H2,(H2,24,25,26). The van der Waals surface area contributed by atoms with Gasteiger partial charge in [0.15, 0.2) is 0 Å². The van der Waals surface area contributed by atoms with Gasteiger partial charge in [-0.25, -0.2) is 4.98 Å². The second-order valence-electron chi connectivity index (χ2n) is 8.13. The number of fused-ring (bicyclic) bond motifs is 3. The first-order chi connectivity index (χ1) is 13.1. The van der Waals surface area contributed by atoms with E-state index in [1.165, 1.54) is 38.5 Å². The minimum atomic E-state index is 0.468. The Morgan fingerprint density at radius 1 is 0.963 bits per heavy atom. The third kappa shape index (κ3) is 2.67. The third-order valence-electron chi connectivity index (χ3n) is 6.59. The van der Waals surface area contributed by atoms with Gasteiger partial charge in [-0.1, -0.05) is 36.6 Å². The first-order valence-corrected chi connectivity index (χ1v) is 10.1. The van der Waals surface area contributed by atoms with Gasteiger partial charge in [-0.05, 0) is 48.6 Å². The number of nitrogen functional groups attached to an aromatic ring is 2. The average Bonchev–Trinajstić information content (AvgIpc) is 3.11. The Morgan fingerprint density at radius 3 is 2.44 bits per heavy atom. The predicted octanol–water partition coefficient (Wildman–Crippen LogP) is 4.76. The summed E-state index contributed by atoms with van der Waals surface area (Å²) in [6, 6.07) is 7.65. The molecule has 2 aromatic carbocycles. The molecule has 1 spiro atoms. The lowest BCUT2D eigenvalue weighted by atomic mass is 9.77. The molecule has 0 bridgehead atoms. The summed E-state index contributed by atoms with van der Waals surface area (Å²) < 4.78 is 0. The molecule has 2 fully saturated rings. The van der Waals surface area contributed by atoms with Crippen LogP contribution < -0.4 is 16.4 Å². The van der Waals surface area contributed by atoms with Crippen molar-refractivity contribution < 1.29 is 0 Å². The molecule has 0 unspecified atom stereocenters. The molecule has 1 aromatic heterocycles. The molecule has 3 aromatic rings. The Morgan fingerprint density at radius 2 is 1.70 bits per heavy atom. The van der Waals surface area contributed by atoms with Crippen molar-refractivity contribution in [3.8, 4) is 0 Å². The van der Waals surface area contributed by atoms with Crippen LogP contribution in [0.2, 0.25) is 5.02 Å². The second-order valence-corrected chi connectivity index (χ2v) is 8.53. The maximum absolute atomic E-state index is 6.39. The zero-order valence-corrected chi connectivity index (χ0v) is 16.1. The highest BCUT2D eigenvalue weighted by molar-refractivity contribution is 6.37. The van der Waals surface area contributed by atoms with E-state index in [4.69, 9.17) is 28.1 Å². The van der Waals surface area contributed by atoms with Crippen LogP contribution >= 0.6 is 11.6 Å². The highest BCUT2D eigenvalue weighted by Crippen LogP contribution is 2.46. The normalized spacial score (nSPS) is 19.4. The van der Waals surface area contributed by atoms with Crippen molar-refractivity contribution in [2.75, 3.05) is 29.5 Å². The molecule has 2 heterocycles. The monoisotopic (exact) mass is 381 g/mol. The quantitative estimate of drug-likeness (QED) is 0.469. The molecule has 0 radical (unpaired) electrons. The topological polar surface area (TPSA) is 81.1 Å². The third-order valence-corrected chi connectivity index (χ3v) is 6.92. The molecule has 0 amide bonds. The first-order valence-electron chi connectivity index (χ1n) is 9.75.